The minimum absolute atomic E-state index is 0.167. The Kier molecular flexibility index (Phi) is 8.97. The highest BCUT2D eigenvalue weighted by atomic mass is 32.2. The standard InChI is InChI=1S/C25H33N3O6S/c1-4-5-13-26-25(30)19(2)27(17-20-9-7-6-8-10-20)24(29)18-28(35(3,31)32)21-11-12-22-23(16-21)34-15-14-33-22/h6-12,16,19H,4-5,13-15,17-18H2,1-3H3,(H,26,30). The third-order valence-electron chi connectivity index (χ3n) is 5.69. The fourth-order valence-electron chi connectivity index (χ4n) is 3.70. The number of amides is 2. The summed E-state index contributed by atoms with van der Waals surface area (Å²) < 4.78 is 37.5. The van der Waals surface area contributed by atoms with Crippen molar-refractivity contribution in [1.29, 1.82) is 0 Å². The fraction of sp³-hybridized carbons (Fsp3) is 0.440. The highest BCUT2D eigenvalue weighted by Gasteiger charge is 2.30. The molecule has 1 aliphatic heterocycles. The van der Waals surface area contributed by atoms with Gasteiger partial charge in [-0.25, -0.2) is 8.42 Å². The Balaban J connectivity index is 1.87. The molecule has 0 aliphatic carbocycles. The van der Waals surface area contributed by atoms with Crippen molar-refractivity contribution in [2.45, 2.75) is 39.3 Å². The van der Waals surface area contributed by atoms with Crippen LogP contribution in [0.25, 0.3) is 0 Å². The molecule has 0 fully saturated rings. The summed E-state index contributed by atoms with van der Waals surface area (Å²) in [4.78, 5) is 27.7. The first-order valence-electron chi connectivity index (χ1n) is 11.7. The average molecular weight is 504 g/mol. The zero-order chi connectivity index (χ0) is 25.4. The van der Waals surface area contributed by atoms with Crippen LogP contribution in [0.2, 0.25) is 0 Å². The first kappa shape index (κ1) is 26.3. The Morgan fingerprint density at radius 3 is 2.40 bits per heavy atom. The van der Waals surface area contributed by atoms with Gasteiger partial charge >= 0.3 is 0 Å². The largest absolute Gasteiger partial charge is 0.486 e. The van der Waals surface area contributed by atoms with Gasteiger partial charge < -0.3 is 19.7 Å². The summed E-state index contributed by atoms with van der Waals surface area (Å²) in [6, 6.07) is 13.2. The van der Waals surface area contributed by atoms with E-state index in [-0.39, 0.29) is 18.1 Å². The van der Waals surface area contributed by atoms with E-state index in [4.69, 9.17) is 9.47 Å². The quantitative estimate of drug-likeness (QED) is 0.473. The molecule has 0 radical (unpaired) electrons. The summed E-state index contributed by atoms with van der Waals surface area (Å²) in [5, 5.41) is 2.86. The van der Waals surface area contributed by atoms with E-state index < -0.39 is 28.5 Å². The maximum absolute atomic E-state index is 13.5. The zero-order valence-electron chi connectivity index (χ0n) is 20.4. The number of benzene rings is 2. The van der Waals surface area contributed by atoms with Crippen LogP contribution in [0, 0.1) is 0 Å². The Labute approximate surface area is 207 Å². The lowest BCUT2D eigenvalue weighted by molar-refractivity contribution is -0.139. The number of rotatable bonds is 11. The Morgan fingerprint density at radius 1 is 1.06 bits per heavy atom. The summed E-state index contributed by atoms with van der Waals surface area (Å²) in [5.74, 6) is 0.155. The van der Waals surface area contributed by atoms with E-state index in [0.29, 0.717) is 31.3 Å². The summed E-state index contributed by atoms with van der Waals surface area (Å²) in [7, 11) is -3.82. The smallest absolute Gasteiger partial charge is 0.244 e. The van der Waals surface area contributed by atoms with E-state index in [2.05, 4.69) is 5.32 Å². The first-order chi connectivity index (χ1) is 16.7. The molecule has 3 rings (SSSR count). The maximum atomic E-state index is 13.5. The van der Waals surface area contributed by atoms with Gasteiger partial charge in [0.2, 0.25) is 21.8 Å². The summed E-state index contributed by atoms with van der Waals surface area (Å²) in [5.41, 5.74) is 1.11. The molecule has 1 N–H and O–H groups in total. The van der Waals surface area contributed by atoms with Crippen LogP contribution in [0.5, 0.6) is 11.5 Å². The first-order valence-corrected chi connectivity index (χ1v) is 13.5. The van der Waals surface area contributed by atoms with Crippen molar-refractivity contribution < 1.29 is 27.5 Å². The van der Waals surface area contributed by atoms with Crippen molar-refractivity contribution in [3.63, 3.8) is 0 Å². The molecule has 10 heteroatoms. The van der Waals surface area contributed by atoms with Crippen molar-refractivity contribution in [1.82, 2.24) is 10.2 Å². The maximum Gasteiger partial charge on any atom is 0.244 e. The molecule has 2 amide bonds. The van der Waals surface area contributed by atoms with Crippen LogP contribution < -0.4 is 19.1 Å². The number of hydrogen-bond acceptors (Lipinski definition) is 6. The van der Waals surface area contributed by atoms with Crippen molar-refractivity contribution in [3.05, 3.63) is 54.1 Å². The van der Waals surface area contributed by atoms with Gasteiger partial charge in [0.15, 0.2) is 11.5 Å². The predicted molar refractivity (Wildman–Crippen MR) is 134 cm³/mol. The van der Waals surface area contributed by atoms with Gasteiger partial charge in [-0.2, -0.15) is 0 Å². The molecular formula is C25H33N3O6S. The van der Waals surface area contributed by atoms with Gasteiger partial charge in [-0.15, -0.1) is 0 Å². The lowest BCUT2D eigenvalue weighted by Crippen LogP contribution is -2.51. The Morgan fingerprint density at radius 2 is 1.74 bits per heavy atom. The second-order valence-electron chi connectivity index (χ2n) is 8.43. The van der Waals surface area contributed by atoms with Crippen LogP contribution >= 0.6 is 0 Å². The van der Waals surface area contributed by atoms with Crippen LogP contribution in [0.1, 0.15) is 32.3 Å². The number of anilines is 1. The molecule has 2 aromatic rings. The average Bonchev–Trinajstić information content (AvgIpc) is 2.85. The van der Waals surface area contributed by atoms with Gasteiger partial charge in [-0.3, -0.25) is 13.9 Å². The van der Waals surface area contributed by atoms with Crippen molar-refractivity contribution in [2.24, 2.45) is 0 Å². The molecule has 0 aromatic heterocycles. The third-order valence-corrected chi connectivity index (χ3v) is 6.83. The molecule has 190 valence electrons. The topological polar surface area (TPSA) is 105 Å². The summed E-state index contributed by atoms with van der Waals surface area (Å²) in [6.45, 7) is 4.66. The molecule has 0 bridgehead atoms. The van der Waals surface area contributed by atoms with Crippen molar-refractivity contribution in [3.8, 4) is 11.5 Å². The van der Waals surface area contributed by atoms with E-state index in [1.54, 1.807) is 25.1 Å². The second-order valence-corrected chi connectivity index (χ2v) is 10.3. The number of nitrogens with one attached hydrogen (secondary N) is 1. The minimum Gasteiger partial charge on any atom is -0.486 e. The van der Waals surface area contributed by atoms with Gasteiger partial charge in [0, 0.05) is 19.2 Å². The molecule has 0 spiro atoms. The number of fused-ring (bicyclic) bond motifs is 1. The van der Waals surface area contributed by atoms with Crippen LogP contribution in [0.3, 0.4) is 0 Å². The fourth-order valence-corrected chi connectivity index (χ4v) is 4.54. The van der Waals surface area contributed by atoms with E-state index >= 15 is 0 Å². The van der Waals surface area contributed by atoms with Gasteiger partial charge in [0.1, 0.15) is 25.8 Å². The predicted octanol–water partition coefficient (Wildman–Crippen LogP) is 2.56. The number of carbonyl (C=O) groups is 2. The van der Waals surface area contributed by atoms with Gasteiger partial charge in [0.05, 0.1) is 11.9 Å². The zero-order valence-corrected chi connectivity index (χ0v) is 21.2. The van der Waals surface area contributed by atoms with Crippen LogP contribution in [0.4, 0.5) is 5.69 Å². The van der Waals surface area contributed by atoms with E-state index in [1.165, 1.54) is 4.90 Å². The SMILES string of the molecule is CCCCNC(=O)C(C)N(Cc1ccccc1)C(=O)CN(c1ccc2c(c1)OCCO2)S(C)(=O)=O. The molecule has 1 aliphatic rings. The molecule has 0 saturated carbocycles. The molecule has 2 aromatic carbocycles. The molecule has 1 unspecified atom stereocenters. The number of nitrogens with zero attached hydrogens (tertiary/aromatic N) is 2. The van der Waals surface area contributed by atoms with Gasteiger partial charge in [-0.1, -0.05) is 43.7 Å². The summed E-state index contributed by atoms with van der Waals surface area (Å²) >= 11 is 0. The molecular weight excluding hydrogens is 470 g/mol. The van der Waals surface area contributed by atoms with Crippen molar-refractivity contribution >= 4 is 27.5 Å². The molecule has 1 atom stereocenters. The molecule has 35 heavy (non-hydrogen) atoms. The number of sulfonamides is 1. The highest BCUT2D eigenvalue weighted by Crippen LogP contribution is 2.34. The van der Waals surface area contributed by atoms with E-state index in [9.17, 15) is 18.0 Å². The minimum atomic E-state index is -3.82. The second kappa shape index (κ2) is 11.9. The number of unbranched alkanes of at least 4 members (excludes halogenated alkanes) is 1. The number of carbonyl (C=O) groups excluding carboxylic acids is 2. The lowest BCUT2D eigenvalue weighted by atomic mass is 10.1. The number of hydrogen-bond donors (Lipinski definition) is 1. The van der Waals surface area contributed by atoms with Crippen LogP contribution in [-0.2, 0) is 26.2 Å². The number of ether oxygens (including phenoxy) is 2. The Bertz CT molecular complexity index is 1120. The summed E-state index contributed by atoms with van der Waals surface area (Å²) in [6.07, 6.45) is 2.80. The molecule has 0 saturated heterocycles. The third kappa shape index (κ3) is 7.11. The molecule has 1 heterocycles. The van der Waals surface area contributed by atoms with Gasteiger partial charge in [0.25, 0.3) is 0 Å². The molecule has 9 nitrogen and oxygen atoms in total. The highest BCUT2D eigenvalue weighted by molar-refractivity contribution is 7.92. The monoisotopic (exact) mass is 503 g/mol. The lowest BCUT2D eigenvalue weighted by Gasteiger charge is -2.31. The normalized spacial score (nSPS) is 13.6. The van der Waals surface area contributed by atoms with E-state index in [0.717, 1.165) is 29.0 Å². The van der Waals surface area contributed by atoms with Crippen LogP contribution in [-0.4, -0.2) is 63.7 Å². The van der Waals surface area contributed by atoms with Crippen LogP contribution in [0.15, 0.2) is 48.5 Å². The van der Waals surface area contributed by atoms with Gasteiger partial charge in [-0.05, 0) is 31.0 Å². The van der Waals surface area contributed by atoms with Crippen molar-refractivity contribution in [2.75, 3.05) is 36.9 Å². The van der Waals surface area contributed by atoms with E-state index in [1.807, 2.05) is 37.3 Å². The Hall–Kier alpha value is -3.27.